The van der Waals surface area contributed by atoms with Crippen LogP contribution in [0.1, 0.15) is 29.7 Å². The van der Waals surface area contributed by atoms with Gasteiger partial charge >= 0.3 is 0 Å². The van der Waals surface area contributed by atoms with Crippen molar-refractivity contribution >= 4 is 5.96 Å². The number of guanidine groups is 1. The van der Waals surface area contributed by atoms with Crippen molar-refractivity contribution < 1.29 is 4.74 Å². The zero-order chi connectivity index (χ0) is 20.8. The maximum atomic E-state index is 5.97. The number of aryl methyl sites for hydroxylation is 1. The molecule has 0 bridgehead atoms. The molecular formula is C22H29N7O. The normalized spacial score (nSPS) is 17.3. The summed E-state index contributed by atoms with van der Waals surface area (Å²) in [5.41, 5.74) is 3.43. The van der Waals surface area contributed by atoms with Gasteiger partial charge in [0.25, 0.3) is 0 Å². The number of morpholine rings is 1. The van der Waals surface area contributed by atoms with Crippen LogP contribution in [0.3, 0.4) is 0 Å². The van der Waals surface area contributed by atoms with E-state index in [2.05, 4.69) is 45.7 Å². The van der Waals surface area contributed by atoms with E-state index in [1.807, 2.05) is 53.2 Å². The lowest BCUT2D eigenvalue weighted by atomic mass is 10.1. The van der Waals surface area contributed by atoms with E-state index in [9.17, 15) is 0 Å². The van der Waals surface area contributed by atoms with Gasteiger partial charge in [-0.2, -0.15) is 10.2 Å². The molecule has 0 saturated carbocycles. The van der Waals surface area contributed by atoms with E-state index >= 15 is 0 Å². The summed E-state index contributed by atoms with van der Waals surface area (Å²) in [7, 11) is 1.92. The molecule has 1 aliphatic rings. The van der Waals surface area contributed by atoms with Crippen molar-refractivity contribution in [3.05, 3.63) is 71.8 Å². The van der Waals surface area contributed by atoms with Gasteiger partial charge in [-0.05, 0) is 12.5 Å². The van der Waals surface area contributed by atoms with Gasteiger partial charge in [0.15, 0.2) is 5.96 Å². The molecule has 1 aliphatic heterocycles. The molecule has 1 aromatic carbocycles. The fourth-order valence-corrected chi connectivity index (χ4v) is 3.59. The van der Waals surface area contributed by atoms with E-state index in [-0.39, 0.29) is 6.10 Å². The van der Waals surface area contributed by atoms with Crippen molar-refractivity contribution in [2.45, 2.75) is 26.1 Å². The first-order chi connectivity index (χ1) is 14.7. The molecule has 1 unspecified atom stereocenters. The van der Waals surface area contributed by atoms with Crippen LogP contribution in [0, 0.1) is 0 Å². The molecule has 3 heterocycles. The number of ether oxygens (including phenoxy) is 1. The summed E-state index contributed by atoms with van der Waals surface area (Å²) in [5.74, 6) is 0.908. The van der Waals surface area contributed by atoms with Crippen LogP contribution in [-0.4, -0.2) is 56.7 Å². The Labute approximate surface area is 177 Å². The predicted molar refractivity (Wildman–Crippen MR) is 116 cm³/mol. The Morgan fingerprint density at radius 1 is 1.17 bits per heavy atom. The average molecular weight is 408 g/mol. The standard InChI is InChI=1S/C22H29N7O/c1-3-23-22(28-9-10-30-21(17-28)20-13-25-27(2)16-20)24-11-19-12-26-29(15-19)14-18-7-5-4-6-8-18/h4-8,12-13,15-16,21H,3,9-11,14,17H2,1-2H3,(H,23,24). The van der Waals surface area contributed by atoms with Crippen LogP contribution in [-0.2, 0) is 24.9 Å². The fourth-order valence-electron chi connectivity index (χ4n) is 3.59. The SMILES string of the molecule is CCNC(=NCc1cnn(Cc2ccccc2)c1)N1CCOC(c2cnn(C)c2)C1. The highest BCUT2D eigenvalue weighted by atomic mass is 16.5. The fraction of sp³-hybridized carbons (Fsp3) is 0.409. The lowest BCUT2D eigenvalue weighted by molar-refractivity contribution is -0.00805. The third-order valence-electron chi connectivity index (χ3n) is 5.08. The second kappa shape index (κ2) is 9.58. The smallest absolute Gasteiger partial charge is 0.194 e. The quantitative estimate of drug-likeness (QED) is 0.501. The lowest BCUT2D eigenvalue weighted by Crippen LogP contribution is -2.48. The summed E-state index contributed by atoms with van der Waals surface area (Å²) in [6.45, 7) is 6.50. The minimum absolute atomic E-state index is 0.00456. The van der Waals surface area contributed by atoms with Crippen LogP contribution in [0.15, 0.2) is 60.1 Å². The maximum absolute atomic E-state index is 5.97. The van der Waals surface area contributed by atoms with Gasteiger partial charge in [0.1, 0.15) is 6.10 Å². The first kappa shape index (κ1) is 20.2. The van der Waals surface area contributed by atoms with Gasteiger partial charge in [0.05, 0.1) is 38.6 Å². The first-order valence-corrected chi connectivity index (χ1v) is 10.4. The van der Waals surface area contributed by atoms with Gasteiger partial charge in [-0.1, -0.05) is 30.3 Å². The molecule has 158 valence electrons. The largest absolute Gasteiger partial charge is 0.370 e. The molecule has 0 amide bonds. The van der Waals surface area contributed by atoms with Gasteiger partial charge in [-0.15, -0.1) is 0 Å². The molecule has 8 heteroatoms. The summed E-state index contributed by atoms with van der Waals surface area (Å²) in [6.07, 6.45) is 7.86. The Kier molecular flexibility index (Phi) is 6.44. The summed E-state index contributed by atoms with van der Waals surface area (Å²) in [6, 6.07) is 10.3. The zero-order valence-electron chi connectivity index (χ0n) is 17.6. The first-order valence-electron chi connectivity index (χ1n) is 10.4. The molecule has 1 fully saturated rings. The second-order valence-corrected chi connectivity index (χ2v) is 7.45. The van der Waals surface area contributed by atoms with E-state index in [4.69, 9.17) is 9.73 Å². The average Bonchev–Trinajstić information content (AvgIpc) is 3.41. The minimum atomic E-state index is 0.00456. The molecule has 1 atom stereocenters. The highest BCUT2D eigenvalue weighted by molar-refractivity contribution is 5.80. The molecule has 0 spiro atoms. The number of hydrogen-bond donors (Lipinski definition) is 1. The summed E-state index contributed by atoms with van der Waals surface area (Å²) in [5, 5.41) is 12.2. The number of nitrogens with one attached hydrogen (secondary N) is 1. The second-order valence-electron chi connectivity index (χ2n) is 7.45. The highest BCUT2D eigenvalue weighted by Gasteiger charge is 2.25. The molecule has 3 aromatic rings. The Morgan fingerprint density at radius 3 is 2.80 bits per heavy atom. The van der Waals surface area contributed by atoms with Crippen LogP contribution in [0.4, 0.5) is 0 Å². The molecule has 8 nitrogen and oxygen atoms in total. The van der Waals surface area contributed by atoms with E-state index in [1.165, 1.54) is 5.56 Å². The van der Waals surface area contributed by atoms with Gasteiger partial charge in [-0.3, -0.25) is 9.36 Å². The van der Waals surface area contributed by atoms with Gasteiger partial charge in [0, 0.05) is 43.7 Å². The Balaban J connectivity index is 1.41. The monoisotopic (exact) mass is 407 g/mol. The van der Waals surface area contributed by atoms with Crippen molar-refractivity contribution in [1.29, 1.82) is 0 Å². The van der Waals surface area contributed by atoms with Crippen molar-refractivity contribution in [2.24, 2.45) is 12.0 Å². The third-order valence-corrected chi connectivity index (χ3v) is 5.08. The number of rotatable bonds is 6. The molecule has 2 aromatic heterocycles. The molecule has 0 radical (unpaired) electrons. The summed E-state index contributed by atoms with van der Waals surface area (Å²) in [4.78, 5) is 7.13. The molecule has 1 saturated heterocycles. The molecule has 30 heavy (non-hydrogen) atoms. The number of aliphatic imine (C=N–C) groups is 1. The Bertz CT molecular complexity index is 963. The number of benzene rings is 1. The van der Waals surface area contributed by atoms with Crippen LogP contribution in [0.5, 0.6) is 0 Å². The van der Waals surface area contributed by atoms with Crippen molar-refractivity contribution in [3.8, 4) is 0 Å². The van der Waals surface area contributed by atoms with E-state index in [0.717, 1.165) is 43.3 Å². The van der Waals surface area contributed by atoms with Crippen molar-refractivity contribution in [3.63, 3.8) is 0 Å². The highest BCUT2D eigenvalue weighted by Crippen LogP contribution is 2.21. The Morgan fingerprint density at radius 2 is 2.03 bits per heavy atom. The summed E-state index contributed by atoms with van der Waals surface area (Å²) < 4.78 is 9.74. The number of hydrogen-bond acceptors (Lipinski definition) is 4. The van der Waals surface area contributed by atoms with Crippen molar-refractivity contribution in [2.75, 3.05) is 26.2 Å². The summed E-state index contributed by atoms with van der Waals surface area (Å²) >= 11 is 0. The molecule has 0 aliphatic carbocycles. The van der Waals surface area contributed by atoms with Gasteiger partial charge < -0.3 is 15.0 Å². The number of nitrogens with zero attached hydrogens (tertiary/aromatic N) is 6. The van der Waals surface area contributed by atoms with Gasteiger partial charge in [0.2, 0.25) is 0 Å². The van der Waals surface area contributed by atoms with Crippen LogP contribution < -0.4 is 5.32 Å². The van der Waals surface area contributed by atoms with Gasteiger partial charge in [-0.25, -0.2) is 4.99 Å². The Hall–Kier alpha value is -3.13. The number of aromatic nitrogens is 4. The van der Waals surface area contributed by atoms with Crippen LogP contribution >= 0.6 is 0 Å². The molecule has 4 rings (SSSR count). The maximum Gasteiger partial charge on any atom is 0.194 e. The van der Waals surface area contributed by atoms with E-state index < -0.39 is 0 Å². The van der Waals surface area contributed by atoms with E-state index in [0.29, 0.717) is 13.2 Å². The van der Waals surface area contributed by atoms with Crippen LogP contribution in [0.25, 0.3) is 0 Å². The topological polar surface area (TPSA) is 72.5 Å². The van der Waals surface area contributed by atoms with Crippen molar-refractivity contribution in [1.82, 2.24) is 29.8 Å². The van der Waals surface area contributed by atoms with E-state index in [1.54, 1.807) is 0 Å². The minimum Gasteiger partial charge on any atom is -0.370 e. The zero-order valence-corrected chi connectivity index (χ0v) is 17.6. The lowest BCUT2D eigenvalue weighted by Gasteiger charge is -2.34. The molecular weight excluding hydrogens is 378 g/mol. The predicted octanol–water partition coefficient (Wildman–Crippen LogP) is 2.20. The van der Waals surface area contributed by atoms with Crippen LogP contribution in [0.2, 0.25) is 0 Å². The third kappa shape index (κ3) is 5.07. The molecule has 1 N–H and O–H groups in total.